The van der Waals surface area contributed by atoms with E-state index in [-0.39, 0.29) is 24.2 Å². The Kier molecular flexibility index (Phi) is 6.31. The summed E-state index contributed by atoms with van der Waals surface area (Å²) < 4.78 is 0. The molecule has 110 valence electrons. The van der Waals surface area contributed by atoms with Gasteiger partial charge in [-0.15, -0.1) is 12.4 Å². The quantitative estimate of drug-likeness (QED) is 0.638. The Hall–Kier alpha value is -1.75. The van der Waals surface area contributed by atoms with Crippen molar-refractivity contribution >= 4 is 29.9 Å². The van der Waals surface area contributed by atoms with E-state index in [1.165, 1.54) is 0 Å². The zero-order valence-electron chi connectivity index (χ0n) is 11.3. The van der Waals surface area contributed by atoms with Gasteiger partial charge in [-0.05, 0) is 25.0 Å². The van der Waals surface area contributed by atoms with E-state index >= 15 is 0 Å². The van der Waals surface area contributed by atoms with Crippen LogP contribution in [0.4, 0.5) is 5.69 Å². The molecule has 6 heteroatoms. The van der Waals surface area contributed by atoms with Gasteiger partial charge < -0.3 is 16.0 Å². The van der Waals surface area contributed by atoms with E-state index in [1.807, 2.05) is 4.90 Å². The standard InChI is InChI=1S/C14H19N3O2.ClH/c15-12-6-2-1-5-11(12)14(19)16-8-4-10-17-9-3-7-13(17)18;/h1-2,5-6H,3-4,7-10,15H2,(H,16,19);1H. The Bertz CT molecular complexity index is 479. The van der Waals surface area contributed by atoms with Crippen molar-refractivity contribution in [2.24, 2.45) is 0 Å². The van der Waals surface area contributed by atoms with Crippen LogP contribution in [0.15, 0.2) is 24.3 Å². The van der Waals surface area contributed by atoms with Crippen molar-refractivity contribution in [3.63, 3.8) is 0 Å². The van der Waals surface area contributed by atoms with Crippen LogP contribution in [0.2, 0.25) is 0 Å². The number of rotatable bonds is 5. The number of carbonyl (C=O) groups is 2. The van der Waals surface area contributed by atoms with Crippen molar-refractivity contribution < 1.29 is 9.59 Å². The third kappa shape index (κ3) is 4.13. The molecule has 5 nitrogen and oxygen atoms in total. The van der Waals surface area contributed by atoms with Gasteiger partial charge in [-0.1, -0.05) is 12.1 Å². The fourth-order valence-electron chi connectivity index (χ4n) is 2.21. The van der Waals surface area contributed by atoms with E-state index in [2.05, 4.69) is 5.32 Å². The highest BCUT2D eigenvalue weighted by Crippen LogP contribution is 2.11. The number of nitrogens with two attached hydrogens (primary N) is 1. The van der Waals surface area contributed by atoms with Crippen molar-refractivity contribution in [3.05, 3.63) is 29.8 Å². The molecule has 1 saturated heterocycles. The maximum Gasteiger partial charge on any atom is 0.253 e. The molecule has 0 saturated carbocycles. The molecule has 1 aliphatic rings. The SMILES string of the molecule is Cl.Nc1ccccc1C(=O)NCCCN1CCCC1=O. The molecule has 0 spiro atoms. The fraction of sp³-hybridized carbons (Fsp3) is 0.429. The largest absolute Gasteiger partial charge is 0.398 e. The van der Waals surface area contributed by atoms with Gasteiger partial charge in [0.2, 0.25) is 5.91 Å². The summed E-state index contributed by atoms with van der Waals surface area (Å²) in [6, 6.07) is 6.99. The number of anilines is 1. The van der Waals surface area contributed by atoms with E-state index in [9.17, 15) is 9.59 Å². The lowest BCUT2D eigenvalue weighted by Crippen LogP contribution is -2.30. The third-order valence-electron chi connectivity index (χ3n) is 3.27. The summed E-state index contributed by atoms with van der Waals surface area (Å²) in [7, 11) is 0. The lowest BCUT2D eigenvalue weighted by atomic mass is 10.1. The number of likely N-dealkylation sites (tertiary alicyclic amines) is 1. The Morgan fingerprint density at radius 1 is 1.35 bits per heavy atom. The third-order valence-corrected chi connectivity index (χ3v) is 3.27. The summed E-state index contributed by atoms with van der Waals surface area (Å²) in [5.74, 6) is 0.0597. The summed E-state index contributed by atoms with van der Waals surface area (Å²) in [5.41, 5.74) is 6.71. The summed E-state index contributed by atoms with van der Waals surface area (Å²) in [6.07, 6.45) is 2.38. The molecular weight excluding hydrogens is 278 g/mol. The van der Waals surface area contributed by atoms with Crippen molar-refractivity contribution in [3.8, 4) is 0 Å². The molecule has 1 aromatic rings. The molecule has 3 N–H and O–H groups in total. The predicted molar refractivity (Wildman–Crippen MR) is 80.9 cm³/mol. The molecule has 1 aromatic carbocycles. The van der Waals surface area contributed by atoms with Gasteiger partial charge >= 0.3 is 0 Å². The maximum atomic E-state index is 11.9. The van der Waals surface area contributed by atoms with Crippen LogP contribution in [0.3, 0.4) is 0 Å². The molecule has 20 heavy (non-hydrogen) atoms. The first-order valence-corrected chi connectivity index (χ1v) is 6.59. The molecule has 2 rings (SSSR count). The summed E-state index contributed by atoms with van der Waals surface area (Å²) in [4.78, 5) is 25.1. The number of nitrogens with one attached hydrogen (secondary N) is 1. The van der Waals surface area contributed by atoms with Gasteiger partial charge in [0.1, 0.15) is 0 Å². The number of hydrogen-bond acceptors (Lipinski definition) is 3. The van der Waals surface area contributed by atoms with Crippen molar-refractivity contribution in [2.45, 2.75) is 19.3 Å². The van der Waals surface area contributed by atoms with Crippen LogP contribution < -0.4 is 11.1 Å². The number of amides is 2. The van der Waals surface area contributed by atoms with Crippen LogP contribution >= 0.6 is 12.4 Å². The number of carbonyl (C=O) groups excluding carboxylic acids is 2. The molecule has 0 aromatic heterocycles. The van der Waals surface area contributed by atoms with E-state index in [4.69, 9.17) is 5.73 Å². The van der Waals surface area contributed by atoms with Crippen LogP contribution in [0.1, 0.15) is 29.6 Å². The van der Waals surface area contributed by atoms with E-state index in [0.29, 0.717) is 30.8 Å². The van der Waals surface area contributed by atoms with Gasteiger partial charge in [0.25, 0.3) is 5.91 Å². The Labute approximate surface area is 124 Å². The Morgan fingerprint density at radius 2 is 2.10 bits per heavy atom. The smallest absolute Gasteiger partial charge is 0.253 e. The highest BCUT2D eigenvalue weighted by Gasteiger charge is 2.19. The highest BCUT2D eigenvalue weighted by molar-refractivity contribution is 5.99. The average Bonchev–Trinajstić information content (AvgIpc) is 2.80. The molecule has 2 amide bonds. The highest BCUT2D eigenvalue weighted by atomic mass is 35.5. The molecule has 1 fully saturated rings. The van der Waals surface area contributed by atoms with Crippen molar-refractivity contribution in [1.82, 2.24) is 10.2 Å². The molecule has 0 radical (unpaired) electrons. The lowest BCUT2D eigenvalue weighted by Gasteiger charge is -2.15. The molecular formula is C14H20ClN3O2. The number of nitrogen functional groups attached to an aromatic ring is 1. The van der Waals surface area contributed by atoms with E-state index in [0.717, 1.165) is 19.4 Å². The van der Waals surface area contributed by atoms with Crippen LogP contribution in [-0.4, -0.2) is 36.3 Å². The summed E-state index contributed by atoms with van der Waals surface area (Å²) in [5, 5.41) is 2.82. The zero-order valence-corrected chi connectivity index (χ0v) is 12.1. The number of para-hydroxylation sites is 1. The topological polar surface area (TPSA) is 75.4 Å². The Morgan fingerprint density at radius 3 is 2.75 bits per heavy atom. The van der Waals surface area contributed by atoms with Crippen LogP contribution in [-0.2, 0) is 4.79 Å². The minimum absolute atomic E-state index is 0. The normalized spacial score (nSPS) is 14.0. The number of nitrogens with zero attached hydrogens (tertiary/aromatic N) is 1. The van der Waals surface area contributed by atoms with Gasteiger partial charge in [0, 0.05) is 31.7 Å². The number of hydrogen-bond donors (Lipinski definition) is 2. The second-order valence-corrected chi connectivity index (χ2v) is 4.68. The van der Waals surface area contributed by atoms with Crippen LogP contribution in [0.25, 0.3) is 0 Å². The molecule has 1 aliphatic heterocycles. The fourth-order valence-corrected chi connectivity index (χ4v) is 2.21. The van der Waals surface area contributed by atoms with Gasteiger partial charge in [0.05, 0.1) is 5.56 Å². The first-order chi connectivity index (χ1) is 9.18. The van der Waals surface area contributed by atoms with Crippen molar-refractivity contribution in [1.29, 1.82) is 0 Å². The van der Waals surface area contributed by atoms with E-state index < -0.39 is 0 Å². The van der Waals surface area contributed by atoms with Gasteiger partial charge in [0.15, 0.2) is 0 Å². The molecule has 1 heterocycles. The predicted octanol–water partition coefficient (Wildman–Crippen LogP) is 1.43. The number of benzene rings is 1. The van der Waals surface area contributed by atoms with Gasteiger partial charge in [-0.2, -0.15) is 0 Å². The first-order valence-electron chi connectivity index (χ1n) is 6.59. The average molecular weight is 298 g/mol. The second kappa shape index (κ2) is 7.75. The molecule has 0 bridgehead atoms. The second-order valence-electron chi connectivity index (χ2n) is 4.68. The minimum atomic E-state index is -0.161. The van der Waals surface area contributed by atoms with Crippen LogP contribution in [0.5, 0.6) is 0 Å². The monoisotopic (exact) mass is 297 g/mol. The van der Waals surface area contributed by atoms with Crippen LogP contribution in [0, 0.1) is 0 Å². The summed E-state index contributed by atoms with van der Waals surface area (Å²) in [6.45, 7) is 2.11. The molecule has 0 aliphatic carbocycles. The minimum Gasteiger partial charge on any atom is -0.398 e. The lowest BCUT2D eigenvalue weighted by molar-refractivity contribution is -0.127. The summed E-state index contributed by atoms with van der Waals surface area (Å²) >= 11 is 0. The maximum absolute atomic E-state index is 11.9. The van der Waals surface area contributed by atoms with Gasteiger partial charge in [-0.25, -0.2) is 0 Å². The Balaban J connectivity index is 0.00000200. The zero-order chi connectivity index (χ0) is 13.7. The van der Waals surface area contributed by atoms with Gasteiger partial charge in [-0.3, -0.25) is 9.59 Å². The van der Waals surface area contributed by atoms with Crippen molar-refractivity contribution in [2.75, 3.05) is 25.4 Å². The van der Waals surface area contributed by atoms with E-state index in [1.54, 1.807) is 24.3 Å². The molecule has 0 unspecified atom stereocenters. The first kappa shape index (κ1) is 16.3. The molecule has 0 atom stereocenters. The number of halogens is 1.